The lowest BCUT2D eigenvalue weighted by Gasteiger charge is -2.26. The molecule has 2 amide bonds. The van der Waals surface area contributed by atoms with E-state index in [-0.39, 0.29) is 16.4 Å². The van der Waals surface area contributed by atoms with Crippen molar-refractivity contribution < 1.29 is 27.5 Å². The first kappa shape index (κ1) is 29.6. The Kier molecular flexibility index (Phi) is 9.84. The first-order valence-corrected chi connectivity index (χ1v) is 13.5. The predicted molar refractivity (Wildman–Crippen MR) is 143 cm³/mol. The Bertz CT molecular complexity index is 1340. The van der Waals surface area contributed by atoms with Crippen LogP contribution in [0.4, 0.5) is 24.8 Å². The molecule has 4 rings (SSSR count). The van der Waals surface area contributed by atoms with Crippen LogP contribution in [-0.2, 0) is 10.9 Å². The van der Waals surface area contributed by atoms with E-state index in [0.29, 0.717) is 23.4 Å². The number of hydrogen-bond acceptors (Lipinski definition) is 10. The summed E-state index contributed by atoms with van der Waals surface area (Å²) in [5.41, 5.74) is -0.960. The Morgan fingerprint density at radius 3 is 2.62 bits per heavy atom. The zero-order chi connectivity index (χ0) is 28.7. The highest BCUT2D eigenvalue weighted by atomic mass is 35.5. The summed E-state index contributed by atoms with van der Waals surface area (Å²) < 4.78 is 44.6. The predicted octanol–water partition coefficient (Wildman–Crippen LogP) is 3.88. The summed E-state index contributed by atoms with van der Waals surface area (Å²) in [6, 6.07) is 1.62. The van der Waals surface area contributed by atoms with Gasteiger partial charge in [0.15, 0.2) is 0 Å². The number of amides is 2. The number of halogens is 4. The van der Waals surface area contributed by atoms with Gasteiger partial charge in [-0.1, -0.05) is 11.6 Å². The number of carbonyl (C=O) groups is 2. The first-order chi connectivity index (χ1) is 19.1. The SMILES string of the molecule is CC(NC(=O)c1cc(NCCCN2CCOCC2)ncn1)c1ncc(C(=O)Nc2cc(C(F)(F)F)c(Cl)cn2)s1. The number of carbonyl (C=O) groups excluding carboxylic acids is 2. The van der Waals surface area contributed by atoms with Crippen molar-refractivity contribution in [2.75, 3.05) is 50.0 Å². The third-order valence-electron chi connectivity index (χ3n) is 5.83. The minimum atomic E-state index is -4.70. The number of alkyl halides is 3. The Morgan fingerprint density at radius 2 is 1.88 bits per heavy atom. The van der Waals surface area contributed by atoms with Crippen LogP contribution in [0.5, 0.6) is 0 Å². The lowest BCUT2D eigenvalue weighted by atomic mass is 10.2. The molecule has 0 radical (unpaired) electrons. The summed E-state index contributed by atoms with van der Waals surface area (Å²) in [5.74, 6) is -0.956. The minimum absolute atomic E-state index is 0.118. The van der Waals surface area contributed by atoms with Crippen LogP contribution >= 0.6 is 22.9 Å². The molecule has 1 aliphatic rings. The average Bonchev–Trinajstić information content (AvgIpc) is 3.43. The summed E-state index contributed by atoms with van der Waals surface area (Å²) >= 11 is 6.54. The number of ether oxygens (including phenoxy) is 1. The zero-order valence-electron chi connectivity index (χ0n) is 21.3. The topological polar surface area (TPSA) is 134 Å². The van der Waals surface area contributed by atoms with Crippen LogP contribution in [0.3, 0.4) is 0 Å². The first-order valence-electron chi connectivity index (χ1n) is 12.3. The molecule has 3 N–H and O–H groups in total. The number of thiazole rings is 1. The van der Waals surface area contributed by atoms with Gasteiger partial charge in [-0.05, 0) is 26.0 Å². The van der Waals surface area contributed by atoms with Crippen molar-refractivity contribution in [1.29, 1.82) is 0 Å². The molecule has 1 aliphatic heterocycles. The van der Waals surface area contributed by atoms with Crippen molar-refractivity contribution in [2.45, 2.75) is 25.6 Å². The monoisotopic (exact) mass is 598 g/mol. The van der Waals surface area contributed by atoms with Crippen LogP contribution < -0.4 is 16.0 Å². The van der Waals surface area contributed by atoms with Gasteiger partial charge in [-0.15, -0.1) is 11.3 Å². The second-order valence-electron chi connectivity index (χ2n) is 8.78. The van der Waals surface area contributed by atoms with E-state index in [1.165, 1.54) is 12.5 Å². The highest BCUT2D eigenvalue weighted by Gasteiger charge is 2.34. The van der Waals surface area contributed by atoms with E-state index in [1.54, 1.807) is 13.0 Å². The quantitative estimate of drug-likeness (QED) is 0.297. The molecule has 0 saturated carbocycles. The Morgan fingerprint density at radius 1 is 1.10 bits per heavy atom. The standard InChI is InChI=1S/C24H26ClF3N8O3S/c1-14(23-31-12-18(40-23)22(38)35-20-9-15(24(26,27)28)16(25)11-30-20)34-21(37)17-10-19(33-13-32-17)29-3-2-4-36-5-7-39-8-6-36/h9-14H,2-8H2,1H3,(H,34,37)(H,29,32,33)(H,30,35,38). The maximum atomic E-state index is 13.1. The summed E-state index contributed by atoms with van der Waals surface area (Å²) in [6.45, 7) is 6.63. The van der Waals surface area contributed by atoms with Crippen LogP contribution in [0.1, 0.15) is 50.1 Å². The van der Waals surface area contributed by atoms with Crippen molar-refractivity contribution in [1.82, 2.24) is 30.2 Å². The van der Waals surface area contributed by atoms with Gasteiger partial charge >= 0.3 is 6.18 Å². The van der Waals surface area contributed by atoms with Crippen molar-refractivity contribution in [3.63, 3.8) is 0 Å². The third kappa shape index (κ3) is 8.06. The lowest BCUT2D eigenvalue weighted by Crippen LogP contribution is -2.37. The Balaban J connectivity index is 1.29. The fourth-order valence-electron chi connectivity index (χ4n) is 3.75. The maximum absolute atomic E-state index is 13.1. The molecule has 3 aromatic heterocycles. The van der Waals surface area contributed by atoms with Gasteiger partial charge in [-0.25, -0.2) is 19.9 Å². The van der Waals surface area contributed by atoms with Crippen molar-refractivity contribution in [2.24, 2.45) is 0 Å². The molecule has 1 atom stereocenters. The van der Waals surface area contributed by atoms with E-state index in [1.807, 2.05) is 0 Å². The fourth-order valence-corrected chi connectivity index (χ4v) is 4.78. The highest BCUT2D eigenvalue weighted by Crippen LogP contribution is 2.35. The minimum Gasteiger partial charge on any atom is -0.379 e. The molecule has 0 aromatic carbocycles. The average molecular weight is 599 g/mol. The number of anilines is 2. The number of nitrogens with zero attached hydrogens (tertiary/aromatic N) is 5. The molecular formula is C24H26ClF3N8O3S. The van der Waals surface area contributed by atoms with Gasteiger partial charge in [0.2, 0.25) is 0 Å². The molecule has 0 aliphatic carbocycles. The van der Waals surface area contributed by atoms with Gasteiger partial charge in [0.05, 0.1) is 36.0 Å². The van der Waals surface area contributed by atoms with E-state index in [0.717, 1.165) is 56.8 Å². The number of pyridine rings is 1. The zero-order valence-corrected chi connectivity index (χ0v) is 22.9. The van der Waals surface area contributed by atoms with Crippen molar-refractivity contribution in [3.8, 4) is 0 Å². The molecule has 1 unspecified atom stereocenters. The molecule has 40 heavy (non-hydrogen) atoms. The van der Waals surface area contributed by atoms with Crippen LogP contribution in [0.15, 0.2) is 30.9 Å². The molecule has 3 aromatic rings. The smallest absolute Gasteiger partial charge is 0.379 e. The van der Waals surface area contributed by atoms with Gasteiger partial charge in [0.1, 0.15) is 33.5 Å². The van der Waals surface area contributed by atoms with Gasteiger partial charge in [-0.2, -0.15) is 13.2 Å². The van der Waals surface area contributed by atoms with Crippen LogP contribution in [0, 0.1) is 0 Å². The molecule has 1 saturated heterocycles. The van der Waals surface area contributed by atoms with Crippen molar-refractivity contribution in [3.05, 3.63) is 57.0 Å². The van der Waals surface area contributed by atoms with Gasteiger partial charge < -0.3 is 20.7 Å². The molecule has 0 bridgehead atoms. The molecule has 1 fully saturated rings. The van der Waals surface area contributed by atoms with Gasteiger partial charge in [-0.3, -0.25) is 14.5 Å². The third-order valence-corrected chi connectivity index (χ3v) is 7.31. The molecule has 214 valence electrons. The van der Waals surface area contributed by atoms with Crippen LogP contribution in [0.2, 0.25) is 5.02 Å². The second-order valence-corrected chi connectivity index (χ2v) is 10.3. The maximum Gasteiger partial charge on any atom is 0.418 e. The summed E-state index contributed by atoms with van der Waals surface area (Å²) in [7, 11) is 0. The fraction of sp³-hybridized carbons (Fsp3) is 0.417. The van der Waals surface area contributed by atoms with Gasteiger partial charge in [0.25, 0.3) is 11.8 Å². The molecule has 16 heteroatoms. The largest absolute Gasteiger partial charge is 0.418 e. The van der Waals surface area contributed by atoms with E-state index >= 15 is 0 Å². The van der Waals surface area contributed by atoms with Gasteiger partial charge in [0, 0.05) is 31.9 Å². The molecular weight excluding hydrogens is 573 g/mol. The molecule has 4 heterocycles. The summed E-state index contributed by atoms with van der Waals surface area (Å²) in [5, 5.41) is 8.10. The molecule has 11 nitrogen and oxygen atoms in total. The number of nitrogens with one attached hydrogen (secondary N) is 3. The lowest BCUT2D eigenvalue weighted by molar-refractivity contribution is -0.137. The number of aromatic nitrogens is 4. The van der Waals surface area contributed by atoms with E-state index in [2.05, 4.69) is 40.8 Å². The Labute approximate surface area is 236 Å². The van der Waals surface area contributed by atoms with Crippen LogP contribution in [-0.4, -0.2) is 76.0 Å². The number of rotatable bonds is 10. The normalized spacial score (nSPS) is 14.9. The van der Waals surface area contributed by atoms with E-state index in [4.69, 9.17) is 16.3 Å². The summed E-state index contributed by atoms with van der Waals surface area (Å²) in [6.07, 6.45) is -0.420. The number of hydrogen-bond donors (Lipinski definition) is 3. The second kappa shape index (κ2) is 13.3. The Hall–Kier alpha value is -3.40. The van der Waals surface area contributed by atoms with Crippen LogP contribution in [0.25, 0.3) is 0 Å². The van der Waals surface area contributed by atoms with Crippen molar-refractivity contribution >= 4 is 46.4 Å². The van der Waals surface area contributed by atoms with E-state index in [9.17, 15) is 22.8 Å². The number of morpholine rings is 1. The van der Waals surface area contributed by atoms with E-state index < -0.39 is 34.6 Å². The highest BCUT2D eigenvalue weighted by molar-refractivity contribution is 7.13. The molecule has 0 spiro atoms. The summed E-state index contributed by atoms with van der Waals surface area (Å²) in [4.78, 5) is 43.9.